The minimum Gasteiger partial charge on any atom is -0.388 e. The van der Waals surface area contributed by atoms with Crippen LogP contribution in [0.1, 0.15) is 62.4 Å². The number of halogens is 3. The lowest BCUT2D eigenvalue weighted by atomic mass is 9.83. The largest absolute Gasteiger partial charge is 0.388 e. The summed E-state index contributed by atoms with van der Waals surface area (Å²) in [4.78, 5) is 21.5. The Balaban J connectivity index is 1.71. The van der Waals surface area contributed by atoms with E-state index < -0.39 is 17.3 Å². The minimum absolute atomic E-state index is 0.0142. The van der Waals surface area contributed by atoms with E-state index in [9.17, 15) is 18.0 Å². The van der Waals surface area contributed by atoms with Gasteiger partial charge < -0.3 is 10.6 Å². The fourth-order valence-corrected chi connectivity index (χ4v) is 4.61. The second kappa shape index (κ2) is 9.53. The average Bonchev–Trinajstić information content (AvgIpc) is 2.75. The summed E-state index contributed by atoms with van der Waals surface area (Å²) in [6, 6.07) is 4.31. The van der Waals surface area contributed by atoms with Crippen LogP contribution in [0.15, 0.2) is 18.2 Å². The maximum atomic E-state index is 14.7. The second-order valence-electron chi connectivity index (χ2n) is 9.12. The Kier molecular flexibility index (Phi) is 6.72. The van der Waals surface area contributed by atoms with Crippen LogP contribution in [0.3, 0.4) is 0 Å². The van der Waals surface area contributed by atoms with Gasteiger partial charge in [0.2, 0.25) is 0 Å². The topological polar surface area (TPSA) is 66.9 Å². The van der Waals surface area contributed by atoms with Gasteiger partial charge in [0, 0.05) is 43.8 Å². The highest BCUT2D eigenvalue weighted by atomic mass is 19.3. The Bertz CT molecular complexity index is 1150. The number of carbonyl (C=O) groups excluding carboxylic acids is 1. The van der Waals surface area contributed by atoms with Gasteiger partial charge in [-0.3, -0.25) is 4.79 Å². The van der Waals surface area contributed by atoms with Crippen molar-refractivity contribution >= 4 is 23.9 Å². The van der Waals surface area contributed by atoms with Crippen LogP contribution in [0.2, 0.25) is 0 Å². The lowest BCUT2D eigenvalue weighted by Gasteiger charge is -2.28. The van der Waals surface area contributed by atoms with E-state index in [-0.39, 0.29) is 17.9 Å². The van der Waals surface area contributed by atoms with E-state index in [2.05, 4.69) is 20.6 Å². The number of Topliss-reactive ketones (excluding diaryl/α,β-unsaturated/α-hetero) is 1. The normalized spacial score (nSPS) is 23.1. The van der Waals surface area contributed by atoms with Crippen LogP contribution in [0, 0.1) is 18.7 Å². The second-order valence-corrected chi connectivity index (χ2v) is 9.12. The fraction of sp³-hybridized carbons (Fsp3) is 0.480. The molecule has 2 aromatic rings. The number of aromatic nitrogens is 2. The number of carbonyl (C=O) groups is 1. The lowest BCUT2D eigenvalue weighted by molar-refractivity contribution is -0.113. The summed E-state index contributed by atoms with van der Waals surface area (Å²) in [7, 11) is 0. The molecule has 0 saturated heterocycles. The lowest BCUT2D eigenvalue weighted by Crippen LogP contribution is -2.39. The monoisotopic (exact) mass is 458 g/mol. The molecule has 5 nitrogen and oxygen atoms in total. The van der Waals surface area contributed by atoms with Crippen LogP contribution in [0.4, 0.5) is 19.0 Å². The predicted octanol–water partition coefficient (Wildman–Crippen LogP) is 3.68. The van der Waals surface area contributed by atoms with Gasteiger partial charge in [0.05, 0.1) is 16.1 Å². The van der Waals surface area contributed by atoms with E-state index in [1.807, 2.05) is 6.20 Å². The van der Waals surface area contributed by atoms with E-state index in [4.69, 9.17) is 0 Å². The van der Waals surface area contributed by atoms with Crippen molar-refractivity contribution in [3.8, 4) is 0 Å². The maximum absolute atomic E-state index is 14.7. The maximum Gasteiger partial charge on any atom is 0.273 e. The van der Waals surface area contributed by atoms with Crippen LogP contribution >= 0.6 is 0 Å². The van der Waals surface area contributed by atoms with Crippen molar-refractivity contribution in [1.29, 1.82) is 0 Å². The van der Waals surface area contributed by atoms with Gasteiger partial charge in [0.1, 0.15) is 17.5 Å². The van der Waals surface area contributed by atoms with Crippen LogP contribution < -0.4 is 21.2 Å². The van der Waals surface area contributed by atoms with Crippen molar-refractivity contribution in [2.75, 3.05) is 5.32 Å². The first-order valence-corrected chi connectivity index (χ1v) is 11.5. The third kappa shape index (κ3) is 5.54. The summed E-state index contributed by atoms with van der Waals surface area (Å²) >= 11 is 0. The standard InChI is InChI=1S/C25H29F3N4O/c1-15-31-22-12-19(33)11-8-16-6-9-18(10-7-16)29-14-20(22)24(32-15)30-13-17-4-3-5-21(23(17)26)25(2,27)28/h3-5,12,14,16,18,29H,6-11,13H2,1-2H3,(H,30,31,32)/b20-14-,22-12+. The molecule has 0 atom stereocenters. The molecular weight excluding hydrogens is 429 g/mol. The number of rotatable bonds is 4. The Morgan fingerprint density at radius 1 is 1.15 bits per heavy atom. The highest BCUT2D eigenvalue weighted by Gasteiger charge is 2.29. The van der Waals surface area contributed by atoms with Crippen LogP contribution in [-0.2, 0) is 17.3 Å². The Labute approximate surface area is 191 Å². The summed E-state index contributed by atoms with van der Waals surface area (Å²) in [6.45, 7) is 2.36. The molecule has 0 amide bonds. The summed E-state index contributed by atoms with van der Waals surface area (Å²) in [5.41, 5.74) is -0.530. The molecule has 0 spiro atoms. The number of hydrogen-bond acceptors (Lipinski definition) is 5. The molecule has 8 heteroatoms. The molecule has 2 N–H and O–H groups in total. The zero-order valence-corrected chi connectivity index (χ0v) is 18.9. The molecule has 1 aliphatic carbocycles. The van der Waals surface area contributed by atoms with Gasteiger partial charge in [0.25, 0.3) is 5.92 Å². The van der Waals surface area contributed by atoms with Gasteiger partial charge in [-0.2, -0.15) is 0 Å². The zero-order chi connectivity index (χ0) is 23.6. The molecule has 3 heterocycles. The first kappa shape index (κ1) is 23.3. The van der Waals surface area contributed by atoms with Crippen LogP contribution in [-0.4, -0.2) is 21.8 Å². The summed E-state index contributed by atoms with van der Waals surface area (Å²) in [6.07, 6.45) is 8.99. The quantitative estimate of drug-likeness (QED) is 0.732. The molecule has 1 fully saturated rings. The smallest absolute Gasteiger partial charge is 0.273 e. The van der Waals surface area contributed by atoms with Crippen LogP contribution in [0.5, 0.6) is 0 Å². The van der Waals surface area contributed by atoms with Gasteiger partial charge in [-0.15, -0.1) is 0 Å². The molecule has 3 aliphatic rings. The Hall–Kier alpha value is -2.90. The zero-order valence-electron chi connectivity index (χ0n) is 18.9. The molecule has 33 heavy (non-hydrogen) atoms. The first-order chi connectivity index (χ1) is 15.7. The van der Waals surface area contributed by atoms with Gasteiger partial charge in [-0.25, -0.2) is 23.1 Å². The predicted molar refractivity (Wildman–Crippen MR) is 121 cm³/mol. The number of aryl methyl sites for hydroxylation is 1. The molecule has 1 aromatic heterocycles. The number of benzene rings is 1. The van der Waals surface area contributed by atoms with Crippen molar-refractivity contribution in [1.82, 2.24) is 15.3 Å². The number of alkyl halides is 2. The highest BCUT2D eigenvalue weighted by molar-refractivity contribution is 6.05. The molecule has 2 aliphatic heterocycles. The van der Waals surface area contributed by atoms with Crippen LogP contribution in [0.25, 0.3) is 12.3 Å². The number of ketones is 1. The van der Waals surface area contributed by atoms with Crippen molar-refractivity contribution in [3.63, 3.8) is 0 Å². The Morgan fingerprint density at radius 3 is 2.64 bits per heavy atom. The number of nitrogens with one attached hydrogen (secondary N) is 2. The molecule has 5 rings (SSSR count). The van der Waals surface area contributed by atoms with Gasteiger partial charge in [-0.1, -0.05) is 18.2 Å². The summed E-state index contributed by atoms with van der Waals surface area (Å²) < 4.78 is 42.2. The van der Waals surface area contributed by atoms with E-state index in [1.165, 1.54) is 12.1 Å². The number of fused-ring (bicyclic) bond motifs is 6. The van der Waals surface area contributed by atoms with Crippen molar-refractivity contribution < 1.29 is 18.0 Å². The molecule has 1 saturated carbocycles. The third-order valence-corrected chi connectivity index (χ3v) is 6.49. The van der Waals surface area contributed by atoms with E-state index >= 15 is 0 Å². The van der Waals surface area contributed by atoms with Gasteiger partial charge in [-0.05, 0) is 44.9 Å². The summed E-state index contributed by atoms with van der Waals surface area (Å²) in [5, 5.41) is 7.63. The SMILES string of the molecule is Cc1nc(NCc2cccc(C(C)(F)F)c2F)c2/c(n1)=C\C(=O)CCC1CCC(CC1)N/C=2. The first-order valence-electron chi connectivity index (χ1n) is 11.5. The average molecular weight is 459 g/mol. The van der Waals surface area contributed by atoms with Crippen molar-refractivity contribution in [2.45, 2.75) is 70.9 Å². The molecule has 1 aromatic carbocycles. The van der Waals surface area contributed by atoms with Crippen molar-refractivity contribution in [3.05, 3.63) is 51.5 Å². The van der Waals surface area contributed by atoms with Gasteiger partial charge >= 0.3 is 0 Å². The van der Waals surface area contributed by atoms with E-state index in [0.717, 1.165) is 38.2 Å². The minimum atomic E-state index is -3.28. The third-order valence-electron chi connectivity index (χ3n) is 6.49. The molecular formula is C25H29F3N4O. The number of nitrogens with zero attached hydrogens (tertiary/aromatic N) is 2. The van der Waals surface area contributed by atoms with E-state index in [0.29, 0.717) is 47.5 Å². The number of anilines is 1. The molecule has 0 unspecified atom stereocenters. The summed E-state index contributed by atoms with van der Waals surface area (Å²) in [5.74, 6) is -2.73. The van der Waals surface area contributed by atoms with Crippen molar-refractivity contribution in [2.24, 2.45) is 5.92 Å². The molecule has 176 valence electrons. The highest BCUT2D eigenvalue weighted by Crippen LogP contribution is 2.31. The Morgan fingerprint density at radius 2 is 1.91 bits per heavy atom. The van der Waals surface area contributed by atoms with Gasteiger partial charge in [0.15, 0.2) is 5.78 Å². The number of hydrogen-bond donors (Lipinski definition) is 2. The fourth-order valence-electron chi connectivity index (χ4n) is 4.61. The molecule has 2 bridgehead atoms. The van der Waals surface area contributed by atoms with E-state index in [1.54, 1.807) is 13.0 Å². The molecule has 0 radical (unpaired) electrons.